The molecular weight excluding hydrogens is 477 g/mol. The van der Waals surface area contributed by atoms with E-state index in [9.17, 15) is 18.8 Å². The molecule has 1 aliphatic carbocycles. The van der Waals surface area contributed by atoms with Gasteiger partial charge in [-0.1, -0.05) is 12.1 Å². The Balaban J connectivity index is 1.49. The second-order valence-corrected chi connectivity index (χ2v) is 9.16. The predicted molar refractivity (Wildman–Crippen MR) is 137 cm³/mol. The van der Waals surface area contributed by atoms with Crippen LogP contribution in [0.4, 0.5) is 9.18 Å². The van der Waals surface area contributed by atoms with Crippen molar-refractivity contribution in [2.45, 2.75) is 52.3 Å². The highest BCUT2D eigenvalue weighted by atomic mass is 19.1. The number of halogens is 1. The molecule has 8 nitrogen and oxygen atoms in total. The number of nitrogens with one attached hydrogen (secondary N) is 2. The topological polar surface area (TPSA) is 98.7 Å². The summed E-state index contributed by atoms with van der Waals surface area (Å²) in [6.45, 7) is 3.85. The minimum absolute atomic E-state index is 0.0846. The minimum Gasteiger partial charge on any atom is -0.489 e. The number of rotatable bonds is 8. The molecule has 3 aromatic rings. The van der Waals surface area contributed by atoms with Crippen LogP contribution in [0.15, 0.2) is 53.3 Å². The molecular formula is C28H30FN3O5. The Bertz CT molecular complexity index is 1380. The highest BCUT2D eigenvalue weighted by Crippen LogP contribution is 2.21. The average molecular weight is 508 g/mol. The summed E-state index contributed by atoms with van der Waals surface area (Å²) in [5.41, 5.74) is 3.29. The van der Waals surface area contributed by atoms with Crippen molar-refractivity contribution in [3.63, 3.8) is 0 Å². The number of urea groups is 1. The van der Waals surface area contributed by atoms with Crippen molar-refractivity contribution < 1.29 is 23.5 Å². The summed E-state index contributed by atoms with van der Waals surface area (Å²) in [5, 5.41) is 5.66. The maximum Gasteiger partial charge on any atom is 0.337 e. The maximum atomic E-state index is 13.9. The maximum absolute atomic E-state index is 13.9. The first kappa shape index (κ1) is 25.9. The van der Waals surface area contributed by atoms with E-state index in [1.807, 2.05) is 6.92 Å². The van der Waals surface area contributed by atoms with Crippen molar-refractivity contribution in [2.24, 2.45) is 0 Å². The minimum atomic E-state index is -0.489. The number of aromatic nitrogens is 1. The van der Waals surface area contributed by atoms with Crippen LogP contribution < -0.4 is 20.9 Å². The van der Waals surface area contributed by atoms with E-state index in [1.54, 1.807) is 37.3 Å². The Morgan fingerprint density at radius 1 is 1.05 bits per heavy atom. The molecule has 194 valence electrons. The number of esters is 1. The van der Waals surface area contributed by atoms with Gasteiger partial charge in [0.1, 0.15) is 18.2 Å². The SMILES string of the molecule is COC(=O)c1ccc(C)c(-n2c(C)cc(OCc3ccc(F)cc3CNC(=O)NC3CCC3)cc2=O)c1. The van der Waals surface area contributed by atoms with Crippen molar-refractivity contribution >= 4 is 12.0 Å². The third-order valence-corrected chi connectivity index (χ3v) is 6.50. The van der Waals surface area contributed by atoms with Crippen LogP contribution >= 0.6 is 0 Å². The van der Waals surface area contributed by atoms with Crippen molar-refractivity contribution in [1.82, 2.24) is 15.2 Å². The summed E-state index contributed by atoms with van der Waals surface area (Å²) in [6.07, 6.45) is 3.06. The molecule has 1 fully saturated rings. The van der Waals surface area contributed by atoms with Gasteiger partial charge in [0.05, 0.1) is 18.4 Å². The van der Waals surface area contributed by atoms with E-state index in [0.29, 0.717) is 33.8 Å². The van der Waals surface area contributed by atoms with Crippen molar-refractivity contribution in [2.75, 3.05) is 7.11 Å². The number of aryl methyl sites for hydroxylation is 2. The summed E-state index contributed by atoms with van der Waals surface area (Å²) in [4.78, 5) is 37.1. The molecule has 2 amide bonds. The number of ether oxygens (including phenoxy) is 2. The van der Waals surface area contributed by atoms with Crippen LogP contribution in [0.5, 0.6) is 5.75 Å². The van der Waals surface area contributed by atoms with Gasteiger partial charge in [-0.05, 0) is 74.1 Å². The largest absolute Gasteiger partial charge is 0.489 e. The van der Waals surface area contributed by atoms with Gasteiger partial charge < -0.3 is 20.1 Å². The number of benzene rings is 2. The van der Waals surface area contributed by atoms with E-state index in [4.69, 9.17) is 9.47 Å². The van der Waals surface area contributed by atoms with Gasteiger partial charge in [-0.15, -0.1) is 0 Å². The Morgan fingerprint density at radius 3 is 2.51 bits per heavy atom. The normalized spacial score (nSPS) is 13.0. The fourth-order valence-corrected chi connectivity index (χ4v) is 4.18. The smallest absolute Gasteiger partial charge is 0.337 e. The zero-order valence-electron chi connectivity index (χ0n) is 21.1. The lowest BCUT2D eigenvalue weighted by molar-refractivity contribution is 0.0600. The molecule has 0 spiro atoms. The van der Waals surface area contributed by atoms with Crippen LogP contribution in [0.2, 0.25) is 0 Å². The predicted octanol–water partition coefficient (Wildman–Crippen LogP) is 4.31. The van der Waals surface area contributed by atoms with Crippen LogP contribution in [0, 0.1) is 19.7 Å². The third kappa shape index (κ3) is 6.17. The number of pyridine rings is 1. The molecule has 4 rings (SSSR count). The van der Waals surface area contributed by atoms with Gasteiger partial charge in [-0.25, -0.2) is 14.0 Å². The Hall–Kier alpha value is -4.14. The van der Waals surface area contributed by atoms with Gasteiger partial charge in [-0.2, -0.15) is 0 Å². The van der Waals surface area contributed by atoms with Crippen molar-refractivity contribution in [1.29, 1.82) is 0 Å². The summed E-state index contributed by atoms with van der Waals surface area (Å²) >= 11 is 0. The molecule has 1 aromatic heterocycles. The molecule has 9 heteroatoms. The molecule has 0 unspecified atom stereocenters. The lowest BCUT2D eigenvalue weighted by Crippen LogP contribution is -2.44. The molecule has 37 heavy (non-hydrogen) atoms. The summed E-state index contributed by atoms with van der Waals surface area (Å²) < 4.78 is 26.1. The van der Waals surface area contributed by atoms with Crippen molar-refractivity contribution in [3.05, 3.63) is 92.6 Å². The Morgan fingerprint density at radius 2 is 1.84 bits per heavy atom. The summed E-state index contributed by atoms with van der Waals surface area (Å²) in [6, 6.07) is 12.3. The standard InChI is InChI=1S/C28H30FN3O5/c1-17-7-8-19(27(34)36-3)13-25(17)32-18(2)11-24(14-26(32)33)37-16-20-9-10-22(29)12-21(20)15-30-28(35)31-23-5-4-6-23/h7-14,23H,4-6,15-16H2,1-3H3,(H2,30,31,35). The van der Waals surface area contributed by atoms with Gasteiger partial charge in [0.2, 0.25) is 0 Å². The zero-order chi connectivity index (χ0) is 26.5. The number of amides is 2. The Labute approximate surface area is 214 Å². The first-order valence-electron chi connectivity index (χ1n) is 12.1. The molecule has 2 aromatic carbocycles. The van der Waals surface area contributed by atoms with Crippen molar-refractivity contribution in [3.8, 4) is 11.4 Å². The molecule has 0 radical (unpaired) electrons. The van der Waals surface area contributed by atoms with Crippen LogP contribution in [0.25, 0.3) is 5.69 Å². The van der Waals surface area contributed by atoms with E-state index in [1.165, 1.54) is 29.9 Å². The van der Waals surface area contributed by atoms with Crippen LogP contribution in [0.1, 0.15) is 52.0 Å². The van der Waals surface area contributed by atoms with Gasteiger partial charge in [-0.3, -0.25) is 9.36 Å². The molecule has 0 atom stereocenters. The fraction of sp³-hybridized carbons (Fsp3) is 0.321. The second kappa shape index (κ2) is 11.3. The molecule has 1 saturated carbocycles. The fourth-order valence-electron chi connectivity index (χ4n) is 4.18. The number of hydrogen-bond donors (Lipinski definition) is 2. The van der Waals surface area contributed by atoms with Gasteiger partial charge in [0.15, 0.2) is 0 Å². The van der Waals surface area contributed by atoms with Gasteiger partial charge >= 0.3 is 12.0 Å². The first-order chi connectivity index (χ1) is 17.7. The first-order valence-corrected chi connectivity index (χ1v) is 12.1. The lowest BCUT2D eigenvalue weighted by Gasteiger charge is -2.26. The van der Waals surface area contributed by atoms with E-state index in [-0.39, 0.29) is 30.8 Å². The summed E-state index contributed by atoms with van der Waals surface area (Å²) in [5.74, 6) is -0.550. The van der Waals surface area contributed by atoms with E-state index < -0.39 is 11.8 Å². The number of carbonyl (C=O) groups is 2. The summed E-state index contributed by atoms with van der Waals surface area (Å²) in [7, 11) is 1.30. The zero-order valence-corrected chi connectivity index (χ0v) is 21.1. The van der Waals surface area contributed by atoms with Crippen LogP contribution in [-0.2, 0) is 17.9 Å². The number of carbonyl (C=O) groups excluding carboxylic acids is 2. The third-order valence-electron chi connectivity index (χ3n) is 6.50. The molecule has 0 bridgehead atoms. The molecule has 1 heterocycles. The molecule has 0 saturated heterocycles. The highest BCUT2D eigenvalue weighted by Gasteiger charge is 2.19. The van der Waals surface area contributed by atoms with E-state index >= 15 is 0 Å². The van der Waals surface area contributed by atoms with Crippen LogP contribution in [0.3, 0.4) is 0 Å². The van der Waals surface area contributed by atoms with Gasteiger partial charge in [0.25, 0.3) is 5.56 Å². The van der Waals surface area contributed by atoms with E-state index in [2.05, 4.69) is 10.6 Å². The molecule has 1 aliphatic rings. The average Bonchev–Trinajstić information content (AvgIpc) is 2.84. The number of methoxy groups -OCH3 is 1. The van der Waals surface area contributed by atoms with Gasteiger partial charge in [0, 0.05) is 30.4 Å². The monoisotopic (exact) mass is 507 g/mol. The lowest BCUT2D eigenvalue weighted by atomic mass is 9.93. The Kier molecular flexibility index (Phi) is 7.91. The molecule has 2 N–H and O–H groups in total. The quantitative estimate of drug-likeness (QED) is 0.443. The van der Waals surface area contributed by atoms with E-state index in [0.717, 1.165) is 24.8 Å². The number of hydrogen-bond acceptors (Lipinski definition) is 5. The number of nitrogens with zero attached hydrogens (tertiary/aromatic N) is 1. The van der Waals surface area contributed by atoms with Crippen LogP contribution in [-0.4, -0.2) is 29.7 Å². The molecule has 0 aliphatic heterocycles. The second-order valence-electron chi connectivity index (χ2n) is 9.16. The highest BCUT2D eigenvalue weighted by molar-refractivity contribution is 5.90.